The molecule has 42 heavy (non-hydrogen) atoms. The van der Waals surface area contributed by atoms with Crippen LogP contribution in [0.5, 0.6) is 0 Å². The summed E-state index contributed by atoms with van der Waals surface area (Å²) in [5, 5.41) is 14.1. The van der Waals surface area contributed by atoms with Crippen LogP contribution >= 0.6 is 15.2 Å². The summed E-state index contributed by atoms with van der Waals surface area (Å²) in [6.45, 7) is -1.14. The average molecular weight is 617 g/mol. The highest BCUT2D eigenvalue weighted by molar-refractivity contribution is 7.70. The van der Waals surface area contributed by atoms with E-state index in [0.29, 0.717) is 12.1 Å². The molecule has 13 nitrogen and oxygen atoms in total. The number of anilines is 1. The summed E-state index contributed by atoms with van der Waals surface area (Å²) >= 11 is 0. The number of aliphatic hydroxyl groups excluding tert-OH is 1. The zero-order chi connectivity index (χ0) is 30.0. The quantitative estimate of drug-likeness (QED) is 0.137. The lowest BCUT2D eigenvalue weighted by molar-refractivity contribution is -0.0448. The summed E-state index contributed by atoms with van der Waals surface area (Å²) < 4.78 is 50.6. The highest BCUT2D eigenvalue weighted by Gasteiger charge is 2.53. The van der Waals surface area contributed by atoms with Crippen LogP contribution in [0.15, 0.2) is 67.0 Å². The summed E-state index contributed by atoms with van der Waals surface area (Å²) in [5.74, 6) is 2.09. The average Bonchev–Trinajstić information content (AvgIpc) is 3.51. The van der Waals surface area contributed by atoms with E-state index in [4.69, 9.17) is 19.0 Å². The molecule has 4 atom stereocenters. The number of hydrogen-bond acceptors (Lipinski definition) is 9. The van der Waals surface area contributed by atoms with Crippen LogP contribution in [0.25, 0.3) is 11.2 Å². The molecule has 1 unspecified atom stereocenters. The monoisotopic (exact) mass is 617 g/mol. The van der Waals surface area contributed by atoms with Gasteiger partial charge in [-0.05, 0) is 23.6 Å². The number of rotatable bonds is 9. The maximum Gasteiger partial charge on any atom is 0.340 e. The normalized spacial score (nSPS) is 21.9. The Morgan fingerprint density at radius 2 is 1.76 bits per heavy atom. The molecule has 1 fully saturated rings. The minimum absolute atomic E-state index is 0.000953. The SMILES string of the molecule is O=P(O)(O)CP(=O)(O)OC[C@H]1OC[C@@](F)(n2cnc3c(NCc4ccccc4)nc(C#Cc4ccccc4)nc32)[C@@H]1O. The van der Waals surface area contributed by atoms with Crippen LogP contribution in [0.1, 0.15) is 17.0 Å². The highest BCUT2D eigenvalue weighted by atomic mass is 31.2. The van der Waals surface area contributed by atoms with Gasteiger partial charge in [-0.15, -0.1) is 0 Å². The van der Waals surface area contributed by atoms with Gasteiger partial charge in [0.2, 0.25) is 11.6 Å². The Kier molecular flexibility index (Phi) is 8.57. The van der Waals surface area contributed by atoms with Gasteiger partial charge in [-0.25, -0.2) is 19.3 Å². The van der Waals surface area contributed by atoms with Crippen molar-refractivity contribution in [3.63, 3.8) is 0 Å². The van der Waals surface area contributed by atoms with Crippen molar-refractivity contribution in [3.05, 3.63) is 83.9 Å². The fraction of sp³-hybridized carbons (Fsp3) is 0.269. The molecule has 2 aromatic heterocycles. The Morgan fingerprint density at radius 1 is 1.07 bits per heavy atom. The van der Waals surface area contributed by atoms with Crippen molar-refractivity contribution in [2.45, 2.75) is 24.5 Å². The summed E-state index contributed by atoms with van der Waals surface area (Å²) in [4.78, 5) is 40.9. The number of ether oxygens (including phenoxy) is 1. The van der Waals surface area contributed by atoms with E-state index in [2.05, 4.69) is 32.1 Å². The molecule has 5 rings (SSSR count). The van der Waals surface area contributed by atoms with Crippen LogP contribution in [0.3, 0.4) is 0 Å². The van der Waals surface area contributed by atoms with Crippen molar-refractivity contribution in [3.8, 4) is 11.8 Å². The standard InChI is InChI=1S/C26H26FN5O8P2/c27-26(15-39-20(23(26)33)14-40-42(37,38)17-41(34,35)36)32-16-29-22-24(28-13-19-9-5-2-6-10-19)30-21(31-25(22)32)12-11-18-7-3-1-4-8-18/h1-10,16,20,23,33H,13-15,17H2,(H,37,38)(H,28,30,31)(H2,34,35,36)/t20-,23-,26-/m1/s1. The first-order valence-electron chi connectivity index (χ1n) is 12.5. The fourth-order valence-electron chi connectivity index (χ4n) is 4.28. The molecule has 0 amide bonds. The Morgan fingerprint density at radius 3 is 2.45 bits per heavy atom. The Bertz CT molecular complexity index is 1730. The third-order valence-corrected chi connectivity index (χ3v) is 9.76. The molecule has 220 valence electrons. The highest BCUT2D eigenvalue weighted by Crippen LogP contribution is 2.55. The first-order valence-corrected chi connectivity index (χ1v) is 16.1. The second kappa shape index (κ2) is 12.0. The number of halogens is 1. The number of fused-ring (bicyclic) bond motifs is 1. The predicted octanol–water partition coefficient (Wildman–Crippen LogP) is 2.56. The first-order chi connectivity index (χ1) is 19.9. The van der Waals surface area contributed by atoms with Gasteiger partial charge in [-0.3, -0.25) is 13.7 Å². The second-order valence-corrected chi connectivity index (χ2v) is 13.5. The molecular formula is C26H26FN5O8P2. The number of nitrogens with zero attached hydrogens (tertiary/aromatic N) is 4. The van der Waals surface area contributed by atoms with Gasteiger partial charge in [0.05, 0.1) is 12.9 Å². The van der Waals surface area contributed by atoms with E-state index in [1.54, 1.807) is 12.1 Å². The number of nitrogens with one attached hydrogen (secondary N) is 1. The number of alkyl halides is 1. The number of hydrogen-bond donors (Lipinski definition) is 5. The molecule has 0 aliphatic carbocycles. The molecule has 1 saturated heterocycles. The Labute approximate surface area is 239 Å². The smallest absolute Gasteiger partial charge is 0.340 e. The van der Waals surface area contributed by atoms with Gasteiger partial charge in [0.25, 0.3) is 0 Å². The number of aromatic nitrogens is 4. The molecule has 1 aliphatic rings. The minimum atomic E-state index is -4.88. The van der Waals surface area contributed by atoms with Gasteiger partial charge in [0.15, 0.2) is 22.9 Å². The number of aliphatic hydroxyl groups is 1. The van der Waals surface area contributed by atoms with Crippen LogP contribution in [0, 0.1) is 11.8 Å². The lowest BCUT2D eigenvalue weighted by Crippen LogP contribution is -2.43. The number of imidazole rings is 1. The lowest BCUT2D eigenvalue weighted by atomic mass is 10.1. The number of benzene rings is 2. The molecule has 16 heteroatoms. The van der Waals surface area contributed by atoms with Gasteiger partial charge < -0.3 is 34.4 Å². The molecule has 0 bridgehead atoms. The molecule has 0 spiro atoms. The predicted molar refractivity (Wildman–Crippen MR) is 149 cm³/mol. The summed E-state index contributed by atoms with van der Waals surface area (Å²) in [6, 6.07) is 18.6. The third-order valence-electron chi connectivity index (χ3n) is 6.30. The van der Waals surface area contributed by atoms with E-state index in [9.17, 15) is 19.1 Å². The van der Waals surface area contributed by atoms with Crippen LogP contribution in [-0.2, 0) is 30.7 Å². The van der Waals surface area contributed by atoms with Crippen molar-refractivity contribution < 1.29 is 42.6 Å². The van der Waals surface area contributed by atoms with E-state index in [0.717, 1.165) is 16.5 Å². The van der Waals surface area contributed by atoms with E-state index < -0.39 is 52.3 Å². The molecule has 4 aromatic rings. The van der Waals surface area contributed by atoms with Crippen LogP contribution in [0.4, 0.5) is 10.2 Å². The molecule has 3 heterocycles. The Hall–Kier alpha value is -3.50. The topological polar surface area (TPSA) is 189 Å². The maximum atomic E-state index is 16.4. The van der Waals surface area contributed by atoms with Gasteiger partial charge >= 0.3 is 15.2 Å². The van der Waals surface area contributed by atoms with Gasteiger partial charge in [-0.2, -0.15) is 0 Å². The van der Waals surface area contributed by atoms with Crippen LogP contribution in [-0.4, -0.2) is 70.6 Å². The van der Waals surface area contributed by atoms with Crippen molar-refractivity contribution in [2.24, 2.45) is 0 Å². The van der Waals surface area contributed by atoms with Crippen molar-refractivity contribution in [1.29, 1.82) is 0 Å². The minimum Gasteiger partial charge on any atom is -0.385 e. The van der Waals surface area contributed by atoms with E-state index >= 15 is 4.39 Å². The first kappa shape index (κ1) is 30.0. The van der Waals surface area contributed by atoms with Crippen molar-refractivity contribution in [2.75, 3.05) is 24.4 Å². The van der Waals surface area contributed by atoms with Gasteiger partial charge in [0.1, 0.15) is 18.8 Å². The summed E-state index contributed by atoms with van der Waals surface area (Å²) in [7, 11) is -9.63. The second-order valence-electron chi connectivity index (χ2n) is 9.49. The molecule has 0 saturated carbocycles. The van der Waals surface area contributed by atoms with Crippen LogP contribution < -0.4 is 5.32 Å². The maximum absolute atomic E-state index is 16.4. The molecule has 1 aliphatic heterocycles. The zero-order valence-electron chi connectivity index (χ0n) is 21.8. The van der Waals surface area contributed by atoms with Gasteiger partial charge in [-0.1, -0.05) is 54.5 Å². The Balaban J connectivity index is 1.46. The molecule has 2 aromatic carbocycles. The van der Waals surface area contributed by atoms with E-state index in [1.807, 2.05) is 48.5 Å². The van der Waals surface area contributed by atoms with Crippen molar-refractivity contribution in [1.82, 2.24) is 19.5 Å². The lowest BCUT2D eigenvalue weighted by Gasteiger charge is -2.25. The summed E-state index contributed by atoms with van der Waals surface area (Å²) in [6.07, 6.45) is -2.25. The molecule has 5 N–H and O–H groups in total. The third kappa shape index (κ3) is 6.93. The van der Waals surface area contributed by atoms with E-state index in [1.165, 1.54) is 0 Å². The fourth-order valence-corrected chi connectivity index (χ4v) is 6.85. The molecule has 0 radical (unpaired) electrons. The summed E-state index contributed by atoms with van der Waals surface area (Å²) in [5.41, 5.74) is 1.85. The van der Waals surface area contributed by atoms with Crippen molar-refractivity contribution >= 4 is 32.2 Å². The largest absolute Gasteiger partial charge is 0.385 e. The van der Waals surface area contributed by atoms with Gasteiger partial charge in [0, 0.05) is 12.1 Å². The van der Waals surface area contributed by atoms with Crippen LogP contribution in [0.2, 0.25) is 0 Å². The zero-order valence-corrected chi connectivity index (χ0v) is 23.6. The van der Waals surface area contributed by atoms with E-state index in [-0.39, 0.29) is 22.8 Å². The molecular weight excluding hydrogens is 591 g/mol.